The van der Waals surface area contributed by atoms with Gasteiger partial charge in [-0.15, -0.1) is 0 Å². The lowest BCUT2D eigenvalue weighted by atomic mass is 10.1. The minimum Gasteiger partial charge on any atom is -0.459 e. The van der Waals surface area contributed by atoms with Crippen LogP contribution in [0.5, 0.6) is 0 Å². The highest BCUT2D eigenvalue weighted by molar-refractivity contribution is 5.78. The molecule has 0 radical (unpaired) electrons. The highest BCUT2D eigenvalue weighted by Gasteiger charge is 2.21. The molecule has 1 unspecified atom stereocenters. The molecular formula is C13H17N3O4. The van der Waals surface area contributed by atoms with E-state index in [1.807, 2.05) is 0 Å². The number of ether oxygens (including phenoxy) is 1. The van der Waals surface area contributed by atoms with Gasteiger partial charge in [0, 0.05) is 30.6 Å². The number of nitrogens with one attached hydrogen (secondary N) is 2. The van der Waals surface area contributed by atoms with E-state index in [0.29, 0.717) is 18.5 Å². The minimum atomic E-state index is -0.395. The molecule has 2 rings (SSSR count). The Morgan fingerprint density at radius 3 is 2.95 bits per heavy atom. The van der Waals surface area contributed by atoms with E-state index in [9.17, 15) is 14.4 Å². The molecule has 0 aliphatic carbocycles. The molecule has 108 valence electrons. The van der Waals surface area contributed by atoms with E-state index in [-0.39, 0.29) is 36.1 Å². The summed E-state index contributed by atoms with van der Waals surface area (Å²) < 4.78 is 5.00. The maximum atomic E-state index is 11.6. The average Bonchev–Trinajstić information content (AvgIpc) is 2.81. The first-order valence-corrected chi connectivity index (χ1v) is 6.55. The van der Waals surface area contributed by atoms with E-state index < -0.39 is 5.97 Å². The number of esters is 1. The van der Waals surface area contributed by atoms with Gasteiger partial charge in [-0.2, -0.15) is 5.10 Å². The van der Waals surface area contributed by atoms with Crippen LogP contribution in [-0.2, 0) is 20.9 Å². The van der Waals surface area contributed by atoms with Crippen molar-refractivity contribution < 1.29 is 14.3 Å². The number of aryl methyl sites for hydroxylation is 1. The fraction of sp³-hybridized carbons (Fsp3) is 0.538. The van der Waals surface area contributed by atoms with E-state index in [0.717, 1.165) is 6.42 Å². The number of hydrogen-bond donors (Lipinski definition) is 2. The third-order valence-electron chi connectivity index (χ3n) is 3.15. The smallest absolute Gasteiger partial charge is 0.306 e. The fourth-order valence-electron chi connectivity index (χ4n) is 2.03. The third-order valence-corrected chi connectivity index (χ3v) is 3.15. The highest BCUT2D eigenvalue weighted by atomic mass is 16.5. The molecule has 0 aromatic carbocycles. The molecule has 1 aliphatic rings. The molecule has 1 aromatic heterocycles. The van der Waals surface area contributed by atoms with Crippen molar-refractivity contribution in [3.05, 3.63) is 27.7 Å². The molecule has 1 saturated heterocycles. The van der Waals surface area contributed by atoms with Gasteiger partial charge in [0.25, 0.3) is 0 Å². The molecule has 0 spiro atoms. The highest BCUT2D eigenvalue weighted by Crippen LogP contribution is 2.12. The van der Waals surface area contributed by atoms with Gasteiger partial charge in [0.05, 0.1) is 0 Å². The van der Waals surface area contributed by atoms with Crippen LogP contribution in [0.1, 0.15) is 37.1 Å². The summed E-state index contributed by atoms with van der Waals surface area (Å²) in [5.41, 5.74) is 0.581. The molecule has 2 heterocycles. The molecule has 2 N–H and O–H groups in total. The second kappa shape index (κ2) is 6.31. The molecule has 20 heavy (non-hydrogen) atoms. The van der Waals surface area contributed by atoms with Gasteiger partial charge in [-0.05, 0) is 19.8 Å². The van der Waals surface area contributed by atoms with Crippen LogP contribution < -0.4 is 10.7 Å². The van der Waals surface area contributed by atoms with Crippen LogP contribution >= 0.6 is 0 Å². The normalized spacial score (nSPS) is 17.9. The van der Waals surface area contributed by atoms with Crippen molar-refractivity contribution in [2.45, 2.75) is 45.3 Å². The van der Waals surface area contributed by atoms with Crippen LogP contribution in [0.15, 0.2) is 10.9 Å². The zero-order valence-electron chi connectivity index (χ0n) is 11.3. The first-order valence-electron chi connectivity index (χ1n) is 6.55. The number of H-pyrrole nitrogens is 1. The minimum absolute atomic E-state index is 0.0266. The Kier molecular flexibility index (Phi) is 4.49. The van der Waals surface area contributed by atoms with Gasteiger partial charge in [0.1, 0.15) is 12.3 Å². The van der Waals surface area contributed by atoms with Crippen LogP contribution in [0, 0.1) is 6.92 Å². The number of carbonyl (C=O) groups is 2. The lowest BCUT2D eigenvalue weighted by Gasteiger charge is -2.09. The Balaban J connectivity index is 1.75. The van der Waals surface area contributed by atoms with Crippen LogP contribution in [-0.4, -0.2) is 28.1 Å². The van der Waals surface area contributed by atoms with Crippen molar-refractivity contribution in [3.63, 3.8) is 0 Å². The lowest BCUT2D eigenvalue weighted by molar-refractivity contribution is -0.145. The van der Waals surface area contributed by atoms with Crippen LogP contribution in [0.3, 0.4) is 0 Å². The SMILES string of the molecule is Cc1cc(=O)c(COC(=O)CCC2CCC(=O)N2)n[nH]1. The Labute approximate surface area is 115 Å². The molecule has 0 saturated carbocycles. The van der Waals surface area contributed by atoms with E-state index in [4.69, 9.17) is 4.74 Å². The van der Waals surface area contributed by atoms with E-state index in [2.05, 4.69) is 15.5 Å². The Morgan fingerprint density at radius 1 is 1.50 bits per heavy atom. The Morgan fingerprint density at radius 2 is 2.30 bits per heavy atom. The van der Waals surface area contributed by atoms with Gasteiger partial charge in [-0.3, -0.25) is 19.5 Å². The quantitative estimate of drug-likeness (QED) is 0.749. The first-order chi connectivity index (χ1) is 9.54. The molecule has 1 fully saturated rings. The fourth-order valence-corrected chi connectivity index (χ4v) is 2.03. The molecule has 1 atom stereocenters. The van der Waals surface area contributed by atoms with E-state index in [1.54, 1.807) is 6.92 Å². The molecule has 1 aromatic rings. The van der Waals surface area contributed by atoms with Gasteiger partial charge < -0.3 is 10.1 Å². The molecule has 1 amide bonds. The molecule has 1 aliphatic heterocycles. The van der Waals surface area contributed by atoms with Crippen LogP contribution in [0.2, 0.25) is 0 Å². The van der Waals surface area contributed by atoms with Gasteiger partial charge >= 0.3 is 5.97 Å². The number of hydrogen-bond acceptors (Lipinski definition) is 5. The number of nitrogens with zero attached hydrogens (tertiary/aromatic N) is 1. The summed E-state index contributed by atoms with van der Waals surface area (Å²) in [6.07, 6.45) is 2.05. The maximum Gasteiger partial charge on any atom is 0.306 e. The number of aromatic amines is 1. The predicted octanol–water partition coefficient (Wildman–Crippen LogP) is 0.180. The zero-order chi connectivity index (χ0) is 14.5. The maximum absolute atomic E-state index is 11.6. The monoisotopic (exact) mass is 279 g/mol. The van der Waals surface area contributed by atoms with Crippen LogP contribution in [0.4, 0.5) is 0 Å². The van der Waals surface area contributed by atoms with Gasteiger partial charge in [0.2, 0.25) is 11.3 Å². The predicted molar refractivity (Wildman–Crippen MR) is 69.8 cm³/mol. The zero-order valence-corrected chi connectivity index (χ0v) is 11.3. The van der Waals surface area contributed by atoms with E-state index >= 15 is 0 Å². The van der Waals surface area contributed by atoms with Crippen molar-refractivity contribution in [3.8, 4) is 0 Å². The summed E-state index contributed by atoms with van der Waals surface area (Å²) in [4.78, 5) is 34.1. The summed E-state index contributed by atoms with van der Waals surface area (Å²) >= 11 is 0. The summed E-state index contributed by atoms with van der Waals surface area (Å²) in [5, 5.41) is 9.27. The molecular weight excluding hydrogens is 262 g/mol. The summed E-state index contributed by atoms with van der Waals surface area (Å²) in [6, 6.07) is 1.46. The van der Waals surface area contributed by atoms with Gasteiger partial charge in [-0.1, -0.05) is 0 Å². The first kappa shape index (κ1) is 14.2. The molecule has 0 bridgehead atoms. The topological polar surface area (TPSA) is 101 Å². The summed E-state index contributed by atoms with van der Waals surface area (Å²) in [5.74, 6) is -0.369. The Hall–Kier alpha value is -2.18. The van der Waals surface area contributed by atoms with Gasteiger partial charge in [-0.25, -0.2) is 0 Å². The van der Waals surface area contributed by atoms with Crippen molar-refractivity contribution >= 4 is 11.9 Å². The number of aromatic nitrogens is 2. The van der Waals surface area contributed by atoms with Crippen molar-refractivity contribution in [2.75, 3.05) is 0 Å². The standard InChI is InChI=1S/C13H17N3O4/c1-8-6-11(17)10(16-15-8)7-20-13(19)5-3-9-2-4-12(18)14-9/h6,9H,2-5,7H2,1H3,(H,14,18)(H,15,17). The van der Waals surface area contributed by atoms with Gasteiger partial charge in [0.15, 0.2) is 0 Å². The lowest BCUT2D eigenvalue weighted by Crippen LogP contribution is -2.26. The average molecular weight is 279 g/mol. The molecule has 7 heteroatoms. The second-order valence-corrected chi connectivity index (χ2v) is 4.86. The van der Waals surface area contributed by atoms with Crippen molar-refractivity contribution in [1.82, 2.24) is 15.5 Å². The summed E-state index contributed by atoms with van der Waals surface area (Å²) in [7, 11) is 0. The van der Waals surface area contributed by atoms with E-state index in [1.165, 1.54) is 6.07 Å². The number of carbonyl (C=O) groups excluding carboxylic acids is 2. The van der Waals surface area contributed by atoms with Crippen molar-refractivity contribution in [1.29, 1.82) is 0 Å². The number of rotatable bonds is 5. The molecule has 7 nitrogen and oxygen atoms in total. The third kappa shape index (κ3) is 3.91. The number of amides is 1. The largest absolute Gasteiger partial charge is 0.459 e. The van der Waals surface area contributed by atoms with Crippen LogP contribution in [0.25, 0.3) is 0 Å². The summed E-state index contributed by atoms with van der Waals surface area (Å²) in [6.45, 7) is 1.59. The Bertz CT molecular complexity index is 567. The second-order valence-electron chi connectivity index (χ2n) is 4.86. The van der Waals surface area contributed by atoms with Crippen molar-refractivity contribution in [2.24, 2.45) is 0 Å².